The molecular formula is C14H19N3S. The third-order valence-corrected chi connectivity index (χ3v) is 3.99. The molecule has 0 saturated carbocycles. The molecule has 0 fully saturated rings. The summed E-state index contributed by atoms with van der Waals surface area (Å²) in [5.74, 6) is 2.10. The number of rotatable bonds is 6. The first-order valence-corrected chi connectivity index (χ1v) is 7.41. The summed E-state index contributed by atoms with van der Waals surface area (Å²) in [6.07, 6.45) is 3.00. The minimum absolute atomic E-state index is 0.0317. The Morgan fingerprint density at radius 1 is 1.28 bits per heavy atom. The molecule has 2 N–H and O–H groups in total. The Hall–Kier alpha value is -1.26. The summed E-state index contributed by atoms with van der Waals surface area (Å²) in [5, 5.41) is 4.36. The highest BCUT2D eigenvalue weighted by Gasteiger charge is 2.12. The lowest BCUT2D eigenvalue weighted by Gasteiger charge is -2.13. The first kappa shape index (κ1) is 13.2. The average molecular weight is 261 g/mol. The van der Waals surface area contributed by atoms with E-state index in [0.717, 1.165) is 22.9 Å². The topological polar surface area (TPSA) is 43.8 Å². The van der Waals surface area contributed by atoms with Crippen molar-refractivity contribution in [2.45, 2.75) is 19.4 Å². The zero-order chi connectivity index (χ0) is 12.8. The van der Waals surface area contributed by atoms with E-state index in [1.165, 1.54) is 6.42 Å². The maximum atomic E-state index is 6.24. The van der Waals surface area contributed by atoms with Crippen molar-refractivity contribution < 1.29 is 0 Å². The van der Waals surface area contributed by atoms with Crippen molar-refractivity contribution in [1.29, 1.82) is 0 Å². The molecule has 1 unspecified atom stereocenters. The van der Waals surface area contributed by atoms with Crippen LogP contribution < -0.4 is 5.73 Å². The zero-order valence-electron chi connectivity index (χ0n) is 10.6. The first-order valence-electron chi connectivity index (χ1n) is 6.25. The summed E-state index contributed by atoms with van der Waals surface area (Å²) in [6, 6.07) is 12.2. The van der Waals surface area contributed by atoms with Gasteiger partial charge >= 0.3 is 0 Å². The first-order chi connectivity index (χ1) is 8.83. The molecule has 96 valence electrons. The normalized spacial score (nSPS) is 12.6. The van der Waals surface area contributed by atoms with Crippen molar-refractivity contribution in [3.63, 3.8) is 0 Å². The van der Waals surface area contributed by atoms with Crippen LogP contribution >= 0.6 is 11.8 Å². The smallest absolute Gasteiger partial charge is 0.0649 e. The van der Waals surface area contributed by atoms with Crippen molar-refractivity contribution in [3.05, 3.63) is 48.3 Å². The fourth-order valence-electron chi connectivity index (χ4n) is 1.82. The molecule has 1 aromatic heterocycles. The van der Waals surface area contributed by atoms with Crippen molar-refractivity contribution in [1.82, 2.24) is 9.78 Å². The fourth-order valence-corrected chi connectivity index (χ4v) is 2.70. The summed E-state index contributed by atoms with van der Waals surface area (Å²) in [7, 11) is 0. The van der Waals surface area contributed by atoms with E-state index in [9.17, 15) is 0 Å². The Kier molecular flexibility index (Phi) is 4.84. The van der Waals surface area contributed by atoms with Gasteiger partial charge in [0.2, 0.25) is 0 Å². The quantitative estimate of drug-likeness (QED) is 0.813. The maximum absolute atomic E-state index is 6.24. The van der Waals surface area contributed by atoms with Gasteiger partial charge < -0.3 is 5.73 Å². The number of hydrogen-bond acceptors (Lipinski definition) is 3. The third kappa shape index (κ3) is 3.15. The van der Waals surface area contributed by atoms with Crippen LogP contribution in [0.25, 0.3) is 5.69 Å². The van der Waals surface area contributed by atoms with Crippen LogP contribution in [0.15, 0.2) is 42.6 Å². The van der Waals surface area contributed by atoms with Crippen LogP contribution in [-0.2, 0) is 0 Å². The van der Waals surface area contributed by atoms with Crippen LogP contribution in [0.3, 0.4) is 0 Å². The second-order valence-electron chi connectivity index (χ2n) is 4.18. The average Bonchev–Trinajstić information content (AvgIpc) is 2.89. The Balaban J connectivity index is 2.12. The molecule has 1 atom stereocenters. The number of nitrogens with zero attached hydrogens (tertiary/aromatic N) is 2. The number of aromatic nitrogens is 2. The summed E-state index contributed by atoms with van der Waals surface area (Å²) >= 11 is 1.90. The molecule has 4 heteroatoms. The molecule has 0 aliphatic heterocycles. The van der Waals surface area contributed by atoms with Crippen molar-refractivity contribution in [2.24, 2.45) is 5.73 Å². The van der Waals surface area contributed by atoms with E-state index in [4.69, 9.17) is 5.73 Å². The molecule has 0 aliphatic rings. The van der Waals surface area contributed by atoms with Gasteiger partial charge in [0.1, 0.15) is 0 Å². The van der Waals surface area contributed by atoms with Crippen LogP contribution in [0.5, 0.6) is 0 Å². The number of hydrogen-bond donors (Lipinski definition) is 1. The Labute approximate surface area is 112 Å². The minimum atomic E-state index is 0.0317. The van der Waals surface area contributed by atoms with Crippen molar-refractivity contribution >= 4 is 11.8 Å². The van der Waals surface area contributed by atoms with E-state index in [0.29, 0.717) is 0 Å². The molecule has 2 aromatic rings. The molecular weight excluding hydrogens is 242 g/mol. The minimum Gasteiger partial charge on any atom is -0.322 e. The maximum Gasteiger partial charge on any atom is 0.0649 e. The molecule has 1 heterocycles. The van der Waals surface area contributed by atoms with E-state index < -0.39 is 0 Å². The van der Waals surface area contributed by atoms with Crippen LogP contribution in [0.1, 0.15) is 25.1 Å². The van der Waals surface area contributed by atoms with Gasteiger partial charge in [0.05, 0.1) is 17.4 Å². The lowest BCUT2D eigenvalue weighted by Crippen LogP contribution is -2.17. The highest BCUT2D eigenvalue weighted by molar-refractivity contribution is 7.99. The van der Waals surface area contributed by atoms with Gasteiger partial charge in [-0.3, -0.25) is 0 Å². The highest BCUT2D eigenvalue weighted by Crippen LogP contribution is 2.19. The van der Waals surface area contributed by atoms with Crippen LogP contribution in [0, 0.1) is 0 Å². The zero-order valence-corrected chi connectivity index (χ0v) is 11.4. The van der Waals surface area contributed by atoms with E-state index in [1.54, 1.807) is 0 Å². The fraction of sp³-hybridized carbons (Fsp3) is 0.357. The SMILES string of the molecule is CCCSCC(N)c1ccnn1-c1ccccc1. The predicted molar refractivity (Wildman–Crippen MR) is 78.1 cm³/mol. The molecule has 2 rings (SSSR count). The predicted octanol–water partition coefficient (Wildman–Crippen LogP) is 3.02. The summed E-state index contributed by atoms with van der Waals surface area (Å²) in [6.45, 7) is 2.19. The van der Waals surface area contributed by atoms with E-state index in [1.807, 2.05) is 59.0 Å². The van der Waals surface area contributed by atoms with Gasteiger partial charge in [0.25, 0.3) is 0 Å². The molecule has 0 radical (unpaired) electrons. The Bertz CT molecular complexity index is 467. The van der Waals surface area contributed by atoms with E-state index in [-0.39, 0.29) is 6.04 Å². The van der Waals surface area contributed by atoms with Crippen LogP contribution in [0.4, 0.5) is 0 Å². The number of thioether (sulfide) groups is 1. The third-order valence-electron chi connectivity index (χ3n) is 2.70. The number of para-hydroxylation sites is 1. The van der Waals surface area contributed by atoms with Gasteiger partial charge in [0.15, 0.2) is 0 Å². The molecule has 1 aromatic carbocycles. The van der Waals surface area contributed by atoms with Gasteiger partial charge in [-0.15, -0.1) is 0 Å². The van der Waals surface area contributed by atoms with E-state index >= 15 is 0 Å². The van der Waals surface area contributed by atoms with Crippen LogP contribution in [0.2, 0.25) is 0 Å². The van der Waals surface area contributed by atoms with Crippen molar-refractivity contribution in [3.8, 4) is 5.69 Å². The second kappa shape index (κ2) is 6.61. The largest absolute Gasteiger partial charge is 0.322 e. The standard InChI is InChI=1S/C14H19N3S/c1-2-10-18-11-13(15)14-8-9-16-17(14)12-6-4-3-5-7-12/h3-9,13H,2,10-11,15H2,1H3. The van der Waals surface area contributed by atoms with Crippen LogP contribution in [-0.4, -0.2) is 21.3 Å². The lowest BCUT2D eigenvalue weighted by molar-refractivity contribution is 0.718. The highest BCUT2D eigenvalue weighted by atomic mass is 32.2. The molecule has 0 aliphatic carbocycles. The molecule has 18 heavy (non-hydrogen) atoms. The van der Waals surface area contributed by atoms with Gasteiger partial charge in [-0.05, 0) is 30.4 Å². The second-order valence-corrected chi connectivity index (χ2v) is 5.33. The van der Waals surface area contributed by atoms with E-state index in [2.05, 4.69) is 12.0 Å². The van der Waals surface area contributed by atoms with Gasteiger partial charge in [-0.25, -0.2) is 4.68 Å². The summed E-state index contributed by atoms with van der Waals surface area (Å²) < 4.78 is 1.93. The van der Waals surface area contributed by atoms with Gasteiger partial charge in [-0.2, -0.15) is 16.9 Å². The number of benzene rings is 1. The molecule has 0 spiro atoms. The Morgan fingerprint density at radius 3 is 2.78 bits per heavy atom. The van der Waals surface area contributed by atoms with Gasteiger partial charge in [-0.1, -0.05) is 25.1 Å². The van der Waals surface area contributed by atoms with Crippen molar-refractivity contribution in [2.75, 3.05) is 11.5 Å². The van der Waals surface area contributed by atoms with Gasteiger partial charge in [0, 0.05) is 11.9 Å². The lowest BCUT2D eigenvalue weighted by atomic mass is 10.2. The summed E-state index contributed by atoms with van der Waals surface area (Å²) in [4.78, 5) is 0. The monoisotopic (exact) mass is 261 g/mol. The number of nitrogens with two attached hydrogens (primary N) is 1. The Morgan fingerprint density at radius 2 is 2.06 bits per heavy atom. The summed E-state index contributed by atoms with van der Waals surface area (Å²) in [5.41, 5.74) is 8.37. The molecule has 0 bridgehead atoms. The molecule has 0 saturated heterocycles. The molecule has 3 nitrogen and oxygen atoms in total. The molecule has 0 amide bonds.